The zero-order valence-electron chi connectivity index (χ0n) is 26.2. The molecule has 5 rings (SSSR count). The summed E-state index contributed by atoms with van der Waals surface area (Å²) in [6.45, 7) is 7.54. The summed E-state index contributed by atoms with van der Waals surface area (Å²) in [5.41, 5.74) is 20.3. The van der Waals surface area contributed by atoms with E-state index in [2.05, 4.69) is 101 Å². The quantitative estimate of drug-likeness (QED) is 0.121. The highest BCUT2D eigenvalue weighted by molar-refractivity contribution is 5.85. The Balaban J connectivity index is 1.32. The van der Waals surface area contributed by atoms with Crippen molar-refractivity contribution in [1.82, 2.24) is 9.80 Å². The molecule has 4 aromatic rings. The second kappa shape index (κ2) is 14.7. The Morgan fingerprint density at radius 1 is 0.841 bits per heavy atom. The minimum atomic E-state index is -0.597. The van der Waals surface area contributed by atoms with Gasteiger partial charge in [-0.1, -0.05) is 98.8 Å². The number of aliphatic imine (C=N–C) groups is 1. The largest absolute Gasteiger partial charge is 0.370 e. The molecule has 6 N–H and O–H groups in total. The zero-order valence-corrected chi connectivity index (χ0v) is 26.2. The van der Waals surface area contributed by atoms with Crippen molar-refractivity contribution in [2.24, 2.45) is 28.1 Å². The number of nitrogens with zero attached hydrogens (tertiary/aromatic N) is 3. The fourth-order valence-corrected chi connectivity index (χ4v) is 6.69. The molecule has 0 bridgehead atoms. The molecule has 0 saturated carbocycles. The van der Waals surface area contributed by atoms with E-state index in [0.717, 1.165) is 44.3 Å². The molecule has 1 aliphatic heterocycles. The topological polar surface area (TPSA) is 114 Å². The van der Waals surface area contributed by atoms with Gasteiger partial charge in [0, 0.05) is 38.3 Å². The normalized spacial score (nSPS) is 18.1. The smallest absolute Gasteiger partial charge is 0.240 e. The summed E-state index contributed by atoms with van der Waals surface area (Å²) < 4.78 is 0. The van der Waals surface area contributed by atoms with Crippen molar-refractivity contribution in [3.05, 3.63) is 96.1 Å². The van der Waals surface area contributed by atoms with Crippen LogP contribution in [0.25, 0.3) is 21.5 Å². The molecule has 1 saturated heterocycles. The Morgan fingerprint density at radius 3 is 2.09 bits per heavy atom. The summed E-state index contributed by atoms with van der Waals surface area (Å²) >= 11 is 0. The molecular formula is C37H48N6O. The summed E-state index contributed by atoms with van der Waals surface area (Å²) in [5.74, 6) is 0.658. The molecule has 7 heteroatoms. The van der Waals surface area contributed by atoms with E-state index in [9.17, 15) is 4.79 Å². The number of rotatable bonds is 12. The first-order valence-corrected chi connectivity index (χ1v) is 16.1. The summed E-state index contributed by atoms with van der Waals surface area (Å²) in [6.07, 6.45) is 4.14. The van der Waals surface area contributed by atoms with E-state index in [0.29, 0.717) is 25.4 Å². The van der Waals surface area contributed by atoms with Gasteiger partial charge in [-0.05, 0) is 70.7 Å². The van der Waals surface area contributed by atoms with E-state index < -0.39 is 6.04 Å². The van der Waals surface area contributed by atoms with Gasteiger partial charge in [-0.15, -0.1) is 0 Å². The number of hydrogen-bond donors (Lipinski definition) is 3. The lowest BCUT2D eigenvalue weighted by Gasteiger charge is -2.48. The van der Waals surface area contributed by atoms with Crippen LogP contribution in [0.2, 0.25) is 0 Å². The van der Waals surface area contributed by atoms with Gasteiger partial charge in [-0.2, -0.15) is 0 Å². The highest BCUT2D eigenvalue weighted by Gasteiger charge is 2.37. The molecule has 0 aromatic heterocycles. The number of nitrogens with two attached hydrogens (primary N) is 3. The molecule has 7 nitrogen and oxygen atoms in total. The van der Waals surface area contributed by atoms with Crippen molar-refractivity contribution in [3.8, 4) is 0 Å². The number of hydrogen-bond acceptors (Lipinski definition) is 4. The fourth-order valence-electron chi connectivity index (χ4n) is 6.69. The molecule has 1 unspecified atom stereocenters. The molecule has 0 aliphatic carbocycles. The van der Waals surface area contributed by atoms with E-state index in [1.807, 2.05) is 12.1 Å². The van der Waals surface area contributed by atoms with Gasteiger partial charge in [0.2, 0.25) is 5.91 Å². The molecular weight excluding hydrogens is 544 g/mol. The predicted octanol–water partition coefficient (Wildman–Crippen LogP) is 5.09. The lowest BCUT2D eigenvalue weighted by Crippen LogP contribution is -2.62. The van der Waals surface area contributed by atoms with Crippen LogP contribution in [0.3, 0.4) is 0 Å². The Morgan fingerprint density at radius 2 is 1.45 bits per heavy atom. The van der Waals surface area contributed by atoms with Gasteiger partial charge in [0.05, 0.1) is 6.04 Å². The van der Waals surface area contributed by atoms with Crippen LogP contribution in [-0.2, 0) is 17.6 Å². The lowest BCUT2D eigenvalue weighted by atomic mass is 9.93. The monoisotopic (exact) mass is 592 g/mol. The first-order chi connectivity index (χ1) is 21.3. The van der Waals surface area contributed by atoms with Gasteiger partial charge in [0.25, 0.3) is 0 Å². The van der Waals surface area contributed by atoms with Crippen LogP contribution >= 0.6 is 0 Å². The van der Waals surface area contributed by atoms with Crippen molar-refractivity contribution >= 4 is 33.4 Å². The average molecular weight is 593 g/mol. The van der Waals surface area contributed by atoms with E-state index in [1.165, 1.54) is 27.1 Å². The SMILES string of the molecule is CC(C)C[C@@H]1CN(C(=O)[C@@H](N)Cc2ccc3ccccc3c2)C(CCCN=C(N)N)CN1CCc1ccc2ccccc2c1. The molecule has 232 valence electrons. The first-order valence-electron chi connectivity index (χ1n) is 16.1. The molecule has 3 atom stereocenters. The van der Waals surface area contributed by atoms with Crippen molar-refractivity contribution in [2.75, 3.05) is 26.2 Å². The van der Waals surface area contributed by atoms with Gasteiger partial charge < -0.3 is 22.1 Å². The molecule has 4 aromatic carbocycles. The molecule has 44 heavy (non-hydrogen) atoms. The van der Waals surface area contributed by atoms with E-state index in [-0.39, 0.29) is 24.0 Å². The maximum absolute atomic E-state index is 14.1. The third-order valence-corrected chi connectivity index (χ3v) is 8.91. The Labute approximate surface area is 262 Å². The summed E-state index contributed by atoms with van der Waals surface area (Å²) in [4.78, 5) is 23.0. The third-order valence-electron chi connectivity index (χ3n) is 8.91. The highest BCUT2D eigenvalue weighted by atomic mass is 16.2. The number of benzene rings is 4. The van der Waals surface area contributed by atoms with Gasteiger partial charge in [-0.25, -0.2) is 0 Å². The molecule has 0 spiro atoms. The maximum Gasteiger partial charge on any atom is 0.240 e. The third kappa shape index (κ3) is 8.16. The number of carbonyl (C=O) groups excluding carboxylic acids is 1. The summed E-state index contributed by atoms with van der Waals surface area (Å²) in [5, 5.41) is 4.90. The van der Waals surface area contributed by atoms with Crippen molar-refractivity contribution < 1.29 is 4.79 Å². The minimum absolute atomic E-state index is 0.0351. The van der Waals surface area contributed by atoms with Crippen molar-refractivity contribution in [3.63, 3.8) is 0 Å². The molecule has 1 fully saturated rings. The average Bonchev–Trinajstić information content (AvgIpc) is 3.01. The summed E-state index contributed by atoms with van der Waals surface area (Å²) in [7, 11) is 0. The number of amides is 1. The van der Waals surface area contributed by atoms with Crippen LogP contribution in [-0.4, -0.2) is 66.0 Å². The molecule has 1 heterocycles. The van der Waals surface area contributed by atoms with Gasteiger partial charge in [0.15, 0.2) is 5.96 Å². The van der Waals surface area contributed by atoms with E-state index in [4.69, 9.17) is 17.2 Å². The van der Waals surface area contributed by atoms with Crippen LogP contribution in [0, 0.1) is 5.92 Å². The van der Waals surface area contributed by atoms with Crippen LogP contribution in [0.15, 0.2) is 89.9 Å². The number of fused-ring (bicyclic) bond motifs is 2. The highest BCUT2D eigenvalue weighted by Crippen LogP contribution is 2.26. The predicted molar refractivity (Wildman–Crippen MR) is 184 cm³/mol. The maximum atomic E-state index is 14.1. The fraction of sp³-hybridized carbons (Fsp3) is 0.405. The Kier molecular flexibility index (Phi) is 10.5. The summed E-state index contributed by atoms with van der Waals surface area (Å²) in [6, 6.07) is 29.7. The minimum Gasteiger partial charge on any atom is -0.370 e. The second-order valence-electron chi connectivity index (χ2n) is 12.8. The number of guanidine groups is 1. The zero-order chi connectivity index (χ0) is 31.1. The van der Waals surface area contributed by atoms with Crippen LogP contribution in [0.5, 0.6) is 0 Å². The lowest BCUT2D eigenvalue weighted by molar-refractivity contribution is -0.140. The molecule has 1 amide bonds. The van der Waals surface area contributed by atoms with E-state index in [1.54, 1.807) is 0 Å². The van der Waals surface area contributed by atoms with Crippen LogP contribution < -0.4 is 17.2 Å². The first kappa shape index (κ1) is 31.5. The second-order valence-corrected chi connectivity index (χ2v) is 12.8. The van der Waals surface area contributed by atoms with Crippen molar-refractivity contribution in [2.45, 2.75) is 64.1 Å². The van der Waals surface area contributed by atoms with Gasteiger partial charge in [0.1, 0.15) is 0 Å². The molecule has 1 aliphatic rings. The number of carbonyl (C=O) groups is 1. The number of piperazine rings is 1. The Hall–Kier alpha value is -3.94. The van der Waals surface area contributed by atoms with Crippen molar-refractivity contribution in [1.29, 1.82) is 0 Å². The standard InChI is InChI=1S/C37H48N6O/c1-26(2)20-34-25-43(36(44)35(38)23-28-14-16-30-9-4-6-11-32(30)22-28)33(12-7-18-41-37(39)40)24-42(34)19-17-27-13-15-29-8-3-5-10-31(29)21-27/h3-6,8-11,13-16,21-22,26,33-35H,7,12,17-20,23-25,38H2,1-2H3,(H4,39,40,41)/t33?,34-,35+/m1/s1. The van der Waals surface area contributed by atoms with E-state index >= 15 is 0 Å². The van der Waals surface area contributed by atoms with Crippen LogP contribution in [0.4, 0.5) is 0 Å². The van der Waals surface area contributed by atoms with Gasteiger partial charge in [-0.3, -0.25) is 14.7 Å². The molecule has 0 radical (unpaired) electrons. The van der Waals surface area contributed by atoms with Crippen LogP contribution in [0.1, 0.15) is 44.2 Å². The van der Waals surface area contributed by atoms with Gasteiger partial charge >= 0.3 is 0 Å². The Bertz CT molecular complexity index is 1580.